The van der Waals surface area contributed by atoms with E-state index in [2.05, 4.69) is 6.58 Å². The van der Waals surface area contributed by atoms with Crippen molar-refractivity contribution >= 4 is 0 Å². The average Bonchev–Trinajstić information content (AvgIpc) is 1.86. The zero-order valence-corrected chi connectivity index (χ0v) is 6.82. The lowest BCUT2D eigenvalue weighted by Gasteiger charge is -2.23. The van der Waals surface area contributed by atoms with Gasteiger partial charge in [-0.2, -0.15) is 0 Å². The van der Waals surface area contributed by atoms with Crippen molar-refractivity contribution in [3.63, 3.8) is 0 Å². The molecule has 0 unspecified atom stereocenters. The van der Waals surface area contributed by atoms with Gasteiger partial charge in [-0.05, 0) is 13.3 Å². The van der Waals surface area contributed by atoms with Gasteiger partial charge in [-0.1, -0.05) is 6.08 Å². The molecule has 0 aliphatic heterocycles. The Hall–Kier alpha value is -0.380. The van der Waals surface area contributed by atoms with Crippen LogP contribution in [0.5, 0.6) is 0 Å². The van der Waals surface area contributed by atoms with Crippen LogP contribution in [0.2, 0.25) is 0 Å². The monoisotopic (exact) mass is 160 g/mol. The second-order valence-electron chi connectivity index (χ2n) is 3.03. The highest BCUT2D eigenvalue weighted by Crippen LogP contribution is 2.16. The van der Waals surface area contributed by atoms with E-state index in [-0.39, 0.29) is 13.0 Å². The number of aliphatic hydroxyl groups is 3. The van der Waals surface area contributed by atoms with Crippen LogP contribution in [-0.4, -0.2) is 33.6 Å². The smallest absolute Gasteiger partial charge is 0.0798 e. The van der Waals surface area contributed by atoms with Crippen LogP contribution in [0, 0.1) is 0 Å². The summed E-state index contributed by atoms with van der Waals surface area (Å²) in [5.74, 6) is 0. The molecule has 3 heteroatoms. The van der Waals surface area contributed by atoms with E-state index < -0.39 is 11.7 Å². The summed E-state index contributed by atoms with van der Waals surface area (Å²) in [6.07, 6.45) is 1.34. The largest absolute Gasteiger partial charge is 0.394 e. The molecule has 0 heterocycles. The quantitative estimate of drug-likeness (QED) is 0.498. The fraction of sp³-hybridized carbons (Fsp3) is 0.750. The zero-order chi connectivity index (χ0) is 8.91. The summed E-state index contributed by atoms with van der Waals surface area (Å²) in [5.41, 5.74) is -0.954. The third-order valence-corrected chi connectivity index (χ3v) is 1.47. The highest BCUT2D eigenvalue weighted by Gasteiger charge is 2.22. The maximum absolute atomic E-state index is 9.47. The Morgan fingerprint density at radius 1 is 1.64 bits per heavy atom. The minimum absolute atomic E-state index is 0.176. The van der Waals surface area contributed by atoms with E-state index in [4.69, 9.17) is 10.2 Å². The van der Waals surface area contributed by atoms with E-state index in [1.807, 2.05) is 0 Å². The molecule has 2 atom stereocenters. The lowest BCUT2D eigenvalue weighted by molar-refractivity contribution is -0.0123. The van der Waals surface area contributed by atoms with Gasteiger partial charge in [-0.15, -0.1) is 6.58 Å². The van der Waals surface area contributed by atoms with Gasteiger partial charge in [0.2, 0.25) is 0 Å². The first-order valence-electron chi connectivity index (χ1n) is 3.64. The average molecular weight is 160 g/mol. The number of hydrogen-bond donors (Lipinski definition) is 3. The van der Waals surface area contributed by atoms with Crippen LogP contribution in [-0.2, 0) is 0 Å². The van der Waals surface area contributed by atoms with Gasteiger partial charge in [0.1, 0.15) is 0 Å². The molecule has 0 aliphatic rings. The van der Waals surface area contributed by atoms with Crippen molar-refractivity contribution in [2.45, 2.75) is 31.5 Å². The van der Waals surface area contributed by atoms with Gasteiger partial charge >= 0.3 is 0 Å². The molecule has 0 bridgehead atoms. The summed E-state index contributed by atoms with van der Waals surface area (Å²) in [6.45, 7) is 4.77. The summed E-state index contributed by atoms with van der Waals surface area (Å²) in [6, 6.07) is 0. The Bertz CT molecular complexity index is 121. The highest BCUT2D eigenvalue weighted by molar-refractivity contribution is 4.84. The van der Waals surface area contributed by atoms with E-state index >= 15 is 0 Å². The molecular formula is C8H16O3. The summed E-state index contributed by atoms with van der Waals surface area (Å²) >= 11 is 0. The minimum Gasteiger partial charge on any atom is -0.394 e. The molecule has 0 spiro atoms. The van der Waals surface area contributed by atoms with E-state index in [9.17, 15) is 5.11 Å². The van der Waals surface area contributed by atoms with Crippen LogP contribution in [0.4, 0.5) is 0 Å². The Kier molecular flexibility index (Phi) is 4.33. The van der Waals surface area contributed by atoms with Crippen molar-refractivity contribution < 1.29 is 15.3 Å². The van der Waals surface area contributed by atoms with Crippen LogP contribution >= 0.6 is 0 Å². The van der Waals surface area contributed by atoms with Crippen LogP contribution in [0.25, 0.3) is 0 Å². The zero-order valence-electron chi connectivity index (χ0n) is 6.82. The minimum atomic E-state index is -0.954. The Morgan fingerprint density at radius 2 is 2.18 bits per heavy atom. The molecule has 0 saturated carbocycles. The van der Waals surface area contributed by atoms with Crippen molar-refractivity contribution in [2.24, 2.45) is 0 Å². The van der Waals surface area contributed by atoms with Gasteiger partial charge in [-0.25, -0.2) is 0 Å². The van der Waals surface area contributed by atoms with Gasteiger partial charge in [0, 0.05) is 6.42 Å². The maximum atomic E-state index is 9.47. The lowest BCUT2D eigenvalue weighted by Crippen LogP contribution is -2.30. The van der Waals surface area contributed by atoms with E-state index in [0.717, 1.165) is 0 Å². The van der Waals surface area contributed by atoms with E-state index in [0.29, 0.717) is 6.42 Å². The standard InChI is InChI=1S/C8H16O3/c1-3-4-8(2,11)5-7(10)6-9/h3,7,9-11H,1,4-6H2,2H3/t7-,8+/m0/s1. The van der Waals surface area contributed by atoms with Crippen LogP contribution in [0.15, 0.2) is 12.7 Å². The molecule has 0 aromatic rings. The summed E-state index contributed by atoms with van der Waals surface area (Å²) in [7, 11) is 0. The molecular weight excluding hydrogens is 144 g/mol. The van der Waals surface area contributed by atoms with Gasteiger partial charge < -0.3 is 15.3 Å². The summed E-state index contributed by atoms with van der Waals surface area (Å²) < 4.78 is 0. The Labute approximate surface area is 67.0 Å². The third kappa shape index (κ3) is 4.95. The second kappa shape index (κ2) is 4.49. The first-order chi connectivity index (χ1) is 5.02. The third-order valence-electron chi connectivity index (χ3n) is 1.47. The van der Waals surface area contributed by atoms with Gasteiger partial charge in [0.05, 0.1) is 18.3 Å². The highest BCUT2D eigenvalue weighted by atomic mass is 16.3. The fourth-order valence-corrected chi connectivity index (χ4v) is 0.966. The molecule has 0 aromatic carbocycles. The molecule has 0 amide bonds. The predicted octanol–water partition coefficient (Wildman–Crippen LogP) is 0.0568. The van der Waals surface area contributed by atoms with Gasteiger partial charge in [0.25, 0.3) is 0 Å². The normalized spacial score (nSPS) is 18.9. The number of rotatable bonds is 5. The molecule has 3 N–H and O–H groups in total. The first kappa shape index (κ1) is 10.6. The van der Waals surface area contributed by atoms with Crippen molar-refractivity contribution in [1.82, 2.24) is 0 Å². The van der Waals surface area contributed by atoms with Crippen LogP contribution in [0.1, 0.15) is 19.8 Å². The predicted molar refractivity (Wildman–Crippen MR) is 43.1 cm³/mol. The number of hydrogen-bond acceptors (Lipinski definition) is 3. The van der Waals surface area contributed by atoms with Crippen molar-refractivity contribution in [3.8, 4) is 0 Å². The summed E-state index contributed by atoms with van der Waals surface area (Å²) in [5, 5.41) is 26.9. The SMILES string of the molecule is C=CC[C@@](C)(O)C[C@H](O)CO. The molecule has 0 radical (unpaired) electrons. The molecule has 0 rings (SSSR count). The molecule has 3 nitrogen and oxygen atoms in total. The fourth-order valence-electron chi connectivity index (χ4n) is 0.966. The second-order valence-corrected chi connectivity index (χ2v) is 3.03. The van der Waals surface area contributed by atoms with Crippen molar-refractivity contribution in [3.05, 3.63) is 12.7 Å². The van der Waals surface area contributed by atoms with Gasteiger partial charge in [0.15, 0.2) is 0 Å². The first-order valence-corrected chi connectivity index (χ1v) is 3.64. The van der Waals surface area contributed by atoms with Crippen molar-refractivity contribution in [2.75, 3.05) is 6.61 Å². The Balaban J connectivity index is 3.79. The van der Waals surface area contributed by atoms with Crippen LogP contribution < -0.4 is 0 Å². The summed E-state index contributed by atoms with van der Waals surface area (Å²) in [4.78, 5) is 0. The Morgan fingerprint density at radius 3 is 2.55 bits per heavy atom. The molecule has 0 saturated heterocycles. The van der Waals surface area contributed by atoms with Crippen LogP contribution in [0.3, 0.4) is 0 Å². The lowest BCUT2D eigenvalue weighted by atomic mass is 9.95. The van der Waals surface area contributed by atoms with E-state index in [1.54, 1.807) is 13.0 Å². The van der Waals surface area contributed by atoms with E-state index in [1.165, 1.54) is 0 Å². The maximum Gasteiger partial charge on any atom is 0.0798 e. The molecule has 0 aliphatic carbocycles. The molecule has 0 fully saturated rings. The van der Waals surface area contributed by atoms with Gasteiger partial charge in [-0.3, -0.25) is 0 Å². The van der Waals surface area contributed by atoms with Crippen molar-refractivity contribution in [1.29, 1.82) is 0 Å². The topological polar surface area (TPSA) is 60.7 Å². The molecule has 66 valence electrons. The number of aliphatic hydroxyl groups excluding tert-OH is 2. The molecule has 11 heavy (non-hydrogen) atoms. The molecule has 0 aromatic heterocycles.